The van der Waals surface area contributed by atoms with Crippen LogP contribution in [0.5, 0.6) is 11.5 Å². The van der Waals surface area contributed by atoms with Crippen LogP contribution in [-0.2, 0) is 5.66 Å². The molecule has 0 radical (unpaired) electrons. The van der Waals surface area contributed by atoms with Crippen molar-refractivity contribution in [1.29, 1.82) is 0 Å². The van der Waals surface area contributed by atoms with Gasteiger partial charge in [0.25, 0.3) is 0 Å². The summed E-state index contributed by atoms with van der Waals surface area (Å²) in [5.41, 5.74) is 8.04. The van der Waals surface area contributed by atoms with E-state index in [1.54, 1.807) is 0 Å². The molecule has 0 fully saturated rings. The highest BCUT2D eigenvalue weighted by Gasteiger charge is 2.67. The molecule has 0 N–H and O–H groups in total. The van der Waals surface area contributed by atoms with Gasteiger partial charge in [-0.25, -0.2) is 0 Å². The third kappa shape index (κ3) is 1.80. The fourth-order valence-electron chi connectivity index (χ4n) is 8.79. The highest BCUT2D eigenvalue weighted by atomic mass is 16.5. The monoisotopic (exact) mass is 521 g/mol. The summed E-state index contributed by atoms with van der Waals surface area (Å²) in [4.78, 5) is 0. The van der Waals surface area contributed by atoms with Gasteiger partial charge in [-0.15, -0.1) is 4.57 Å². The van der Waals surface area contributed by atoms with Gasteiger partial charge in [0.15, 0.2) is 17.3 Å². The second-order valence-corrected chi connectivity index (χ2v) is 11.7. The summed E-state index contributed by atoms with van der Waals surface area (Å²) in [5, 5.41) is 10.4. The molecule has 41 heavy (non-hydrogen) atoms. The van der Waals surface area contributed by atoms with Gasteiger partial charge in [0.05, 0.1) is 17.1 Å². The van der Waals surface area contributed by atoms with Gasteiger partial charge in [-0.1, -0.05) is 36.4 Å². The molecule has 3 aliphatic rings. The first-order valence-electron chi connectivity index (χ1n) is 14.2. The zero-order valence-electron chi connectivity index (χ0n) is 21.7. The SMILES string of the molecule is c1cc2c3c(c1)-c1cccc[n+]1C31c3c(ccc4c5ccc6c7ccccc7cc7c8ccc[n+]1c8n(c34)c5c67)O2. The van der Waals surface area contributed by atoms with E-state index in [1.807, 2.05) is 0 Å². The lowest BCUT2D eigenvalue weighted by Gasteiger charge is -2.33. The Hall–Kier alpha value is -5.48. The van der Waals surface area contributed by atoms with E-state index in [0.717, 1.165) is 11.5 Å². The van der Waals surface area contributed by atoms with E-state index >= 15 is 0 Å². The Morgan fingerprint density at radius 2 is 1.37 bits per heavy atom. The van der Waals surface area contributed by atoms with Crippen LogP contribution in [0.15, 0.2) is 116 Å². The summed E-state index contributed by atoms with van der Waals surface area (Å²) in [5.74, 6) is 1.85. The van der Waals surface area contributed by atoms with Crippen molar-refractivity contribution in [2.75, 3.05) is 0 Å². The van der Waals surface area contributed by atoms with Crippen LogP contribution in [0.3, 0.4) is 0 Å². The van der Waals surface area contributed by atoms with Crippen LogP contribution in [-0.4, -0.2) is 4.40 Å². The van der Waals surface area contributed by atoms with E-state index in [-0.39, 0.29) is 0 Å². The van der Waals surface area contributed by atoms with Gasteiger partial charge >= 0.3 is 11.3 Å². The number of hydrogen-bond acceptors (Lipinski definition) is 1. The molecule has 0 amide bonds. The van der Waals surface area contributed by atoms with Gasteiger partial charge in [0.2, 0.25) is 5.69 Å². The molecule has 7 heterocycles. The van der Waals surface area contributed by atoms with E-state index in [4.69, 9.17) is 4.74 Å². The van der Waals surface area contributed by atoms with Crippen LogP contribution in [0, 0.1) is 0 Å². The summed E-state index contributed by atoms with van der Waals surface area (Å²) < 4.78 is 14.4. The van der Waals surface area contributed by atoms with E-state index in [9.17, 15) is 0 Å². The number of ether oxygens (including phenoxy) is 1. The second kappa shape index (κ2) is 5.98. The molecule has 5 aromatic carbocycles. The van der Waals surface area contributed by atoms with Crippen molar-refractivity contribution in [1.82, 2.24) is 4.40 Å². The molecule has 0 saturated carbocycles. The van der Waals surface area contributed by atoms with Crippen LogP contribution in [0.25, 0.3) is 71.0 Å². The average Bonchev–Trinajstić information content (AvgIpc) is 3.53. The average molecular weight is 522 g/mol. The quantitative estimate of drug-likeness (QED) is 0.116. The molecule has 4 heteroatoms. The van der Waals surface area contributed by atoms with E-state index in [2.05, 4.69) is 129 Å². The smallest absolute Gasteiger partial charge is 0.374 e. The highest BCUT2D eigenvalue weighted by molar-refractivity contribution is 6.33. The Kier molecular flexibility index (Phi) is 2.85. The van der Waals surface area contributed by atoms with Crippen LogP contribution in [0.2, 0.25) is 0 Å². The molecule has 12 rings (SSSR count). The molecule has 186 valence electrons. The molecule has 4 nitrogen and oxygen atoms in total. The van der Waals surface area contributed by atoms with E-state index < -0.39 is 5.66 Å². The van der Waals surface area contributed by atoms with Crippen molar-refractivity contribution in [3.63, 3.8) is 0 Å². The number of hydrogen-bond donors (Lipinski definition) is 0. The summed E-state index contributed by atoms with van der Waals surface area (Å²) in [6.45, 7) is 0. The first kappa shape index (κ1) is 19.6. The normalized spacial score (nSPS) is 17.6. The lowest BCUT2D eigenvalue weighted by Crippen LogP contribution is -2.74. The fraction of sp³-hybridized carbons (Fsp3) is 0.0270. The lowest BCUT2D eigenvalue weighted by atomic mass is 9.84. The first-order valence-corrected chi connectivity index (χ1v) is 14.2. The first-order chi connectivity index (χ1) is 20.4. The topological polar surface area (TPSA) is 21.4 Å². The van der Waals surface area contributed by atoms with Gasteiger partial charge < -0.3 is 4.74 Å². The van der Waals surface area contributed by atoms with Gasteiger partial charge in [-0.2, -0.15) is 8.97 Å². The zero-order chi connectivity index (χ0) is 26.2. The Bertz CT molecular complexity index is 2740. The number of benzene rings is 5. The molecule has 3 aliphatic heterocycles. The summed E-state index contributed by atoms with van der Waals surface area (Å²) in [7, 11) is 0. The summed E-state index contributed by atoms with van der Waals surface area (Å²) in [6.07, 6.45) is 4.53. The van der Waals surface area contributed by atoms with Crippen molar-refractivity contribution >= 4 is 59.8 Å². The predicted molar refractivity (Wildman–Crippen MR) is 160 cm³/mol. The Morgan fingerprint density at radius 3 is 2.37 bits per heavy atom. The number of rotatable bonds is 0. The number of nitrogens with zero attached hydrogens (tertiary/aromatic N) is 3. The van der Waals surface area contributed by atoms with Crippen molar-refractivity contribution in [3.8, 4) is 22.8 Å². The van der Waals surface area contributed by atoms with Crippen LogP contribution in [0.4, 0.5) is 0 Å². The molecule has 1 unspecified atom stereocenters. The highest BCUT2D eigenvalue weighted by Crippen LogP contribution is 2.57. The minimum absolute atomic E-state index is 0.598. The van der Waals surface area contributed by atoms with Crippen LogP contribution < -0.4 is 13.9 Å². The minimum Gasteiger partial charge on any atom is -0.456 e. The van der Waals surface area contributed by atoms with E-state index in [1.165, 1.54) is 82.2 Å². The minimum atomic E-state index is -0.598. The fourth-order valence-corrected chi connectivity index (χ4v) is 8.79. The van der Waals surface area contributed by atoms with Crippen molar-refractivity contribution in [2.24, 2.45) is 0 Å². The van der Waals surface area contributed by atoms with Crippen LogP contribution >= 0.6 is 0 Å². The molecular weight excluding hydrogens is 502 g/mol. The Labute approximate surface area is 232 Å². The molecule has 0 aliphatic carbocycles. The number of fused-ring (bicyclic) bond motifs is 6. The molecule has 9 aromatic rings. The van der Waals surface area contributed by atoms with Gasteiger partial charge in [0, 0.05) is 33.7 Å². The van der Waals surface area contributed by atoms with Crippen molar-refractivity contribution < 1.29 is 13.9 Å². The third-order valence-corrected chi connectivity index (χ3v) is 10.1. The number of pyridine rings is 3. The maximum Gasteiger partial charge on any atom is 0.374 e. The third-order valence-electron chi connectivity index (χ3n) is 10.1. The van der Waals surface area contributed by atoms with E-state index in [0.29, 0.717) is 0 Å². The second-order valence-electron chi connectivity index (χ2n) is 11.7. The summed E-state index contributed by atoms with van der Waals surface area (Å²) >= 11 is 0. The van der Waals surface area contributed by atoms with Gasteiger partial charge in [-0.3, -0.25) is 0 Å². The molecular formula is C37H19N3O+2. The van der Waals surface area contributed by atoms with Crippen molar-refractivity contribution in [2.45, 2.75) is 5.66 Å². The predicted octanol–water partition coefficient (Wildman–Crippen LogP) is 7.42. The largest absolute Gasteiger partial charge is 0.456 e. The molecule has 4 aromatic heterocycles. The van der Waals surface area contributed by atoms with Crippen LogP contribution in [0.1, 0.15) is 11.1 Å². The lowest BCUT2D eigenvalue weighted by molar-refractivity contribution is -0.954. The molecule has 0 bridgehead atoms. The zero-order valence-corrected chi connectivity index (χ0v) is 21.7. The number of aromatic nitrogens is 3. The van der Waals surface area contributed by atoms with Gasteiger partial charge in [0.1, 0.15) is 22.6 Å². The summed E-state index contributed by atoms with van der Waals surface area (Å²) in [6, 6.07) is 37.9. The standard InChI is InChI=1S/C37H19N3O/c1-2-8-21-20(7-1)19-27-25-10-6-18-39-36(25)40-34-23(14-13-22(21)31(27)34)24-15-16-30-33(35(24)40)37(39)32-26(9-5-12-29(32)41-30)28-11-3-4-17-38(28)37/h1-19H/q+2. The maximum absolute atomic E-state index is 6.79. The molecule has 1 spiro atoms. The van der Waals surface area contributed by atoms with Gasteiger partial charge in [-0.05, 0) is 70.8 Å². The maximum atomic E-state index is 6.79. The van der Waals surface area contributed by atoms with Crippen molar-refractivity contribution in [3.05, 3.63) is 127 Å². The Balaban J connectivity index is 1.47. The molecule has 1 atom stereocenters. The Morgan fingerprint density at radius 1 is 0.561 bits per heavy atom. The molecule has 0 saturated heterocycles.